The Hall–Kier alpha value is -0.830. The molecule has 0 aromatic heterocycles. The molecule has 0 fully saturated rings. The first kappa shape index (κ1) is 13.2. The van der Waals surface area contributed by atoms with Crippen LogP contribution >= 0.6 is 0 Å². The van der Waals surface area contributed by atoms with Crippen LogP contribution in [-0.2, 0) is 0 Å². The number of amidine groups is 1. The van der Waals surface area contributed by atoms with Crippen molar-refractivity contribution in [1.29, 1.82) is 0 Å². The van der Waals surface area contributed by atoms with Crippen molar-refractivity contribution in [2.45, 2.75) is 45.4 Å². The minimum atomic E-state index is 0.834. The normalized spacial score (nSPS) is 18.3. The Bertz CT molecular complexity index is 256. The monoisotopic (exact) mass is 223 g/mol. The van der Waals surface area contributed by atoms with E-state index in [9.17, 15) is 0 Å². The van der Waals surface area contributed by atoms with Crippen LogP contribution in [0.15, 0.2) is 16.8 Å². The summed E-state index contributed by atoms with van der Waals surface area (Å²) in [6.07, 6.45) is 9.60. The number of hydrogen-bond donors (Lipinski definition) is 1. The van der Waals surface area contributed by atoms with Crippen molar-refractivity contribution in [3.8, 4) is 0 Å². The summed E-state index contributed by atoms with van der Waals surface area (Å²) in [7, 11) is 1.88. The second-order valence-electron chi connectivity index (χ2n) is 4.40. The highest BCUT2D eigenvalue weighted by molar-refractivity contribution is 5.87. The van der Waals surface area contributed by atoms with Crippen LogP contribution in [0.2, 0.25) is 0 Å². The maximum atomic E-state index is 5.47. The van der Waals surface area contributed by atoms with Crippen molar-refractivity contribution < 1.29 is 0 Å². The van der Waals surface area contributed by atoms with Crippen LogP contribution in [0, 0.1) is 0 Å². The van der Waals surface area contributed by atoms with Crippen LogP contribution in [0.25, 0.3) is 0 Å². The van der Waals surface area contributed by atoms with Gasteiger partial charge in [0.05, 0.1) is 0 Å². The zero-order valence-electron chi connectivity index (χ0n) is 10.7. The van der Waals surface area contributed by atoms with Crippen LogP contribution < -0.4 is 5.73 Å². The molecule has 3 nitrogen and oxygen atoms in total. The Morgan fingerprint density at radius 2 is 1.94 bits per heavy atom. The number of nitrogens with two attached hydrogens (primary N) is 1. The number of aliphatic imine (C=N–C) groups is 1. The van der Waals surface area contributed by atoms with Crippen molar-refractivity contribution in [1.82, 2.24) is 4.90 Å². The average Bonchev–Trinajstić information content (AvgIpc) is 2.65. The van der Waals surface area contributed by atoms with Gasteiger partial charge in [-0.1, -0.05) is 25.3 Å². The van der Waals surface area contributed by atoms with Gasteiger partial charge in [0, 0.05) is 25.7 Å². The third-order valence-corrected chi connectivity index (χ3v) is 3.16. The molecule has 1 aliphatic heterocycles. The molecule has 0 aromatic rings. The summed E-state index contributed by atoms with van der Waals surface area (Å²) < 4.78 is 0. The van der Waals surface area contributed by atoms with Gasteiger partial charge in [-0.2, -0.15) is 0 Å². The maximum Gasteiger partial charge on any atom is 0.107 e. The molecular formula is C13H25N3. The summed E-state index contributed by atoms with van der Waals surface area (Å²) >= 11 is 0. The maximum absolute atomic E-state index is 5.47. The lowest BCUT2D eigenvalue weighted by Crippen LogP contribution is -2.25. The second-order valence-corrected chi connectivity index (χ2v) is 4.40. The number of nitrogens with zero attached hydrogens (tertiary/aromatic N) is 2. The molecule has 3 heteroatoms. The molecule has 1 rings (SSSR count). The summed E-state index contributed by atoms with van der Waals surface area (Å²) in [6.45, 7) is 4.13. The van der Waals surface area contributed by atoms with E-state index in [-0.39, 0.29) is 0 Å². The van der Waals surface area contributed by atoms with Gasteiger partial charge < -0.3 is 10.6 Å². The highest BCUT2D eigenvalue weighted by Gasteiger charge is 2.16. The molecule has 0 spiro atoms. The molecule has 0 aliphatic carbocycles. The second kappa shape index (κ2) is 7.44. The Morgan fingerprint density at radius 3 is 2.62 bits per heavy atom. The zero-order chi connectivity index (χ0) is 11.8. The molecule has 0 radical (unpaired) electrons. The first-order chi connectivity index (χ1) is 7.79. The molecular weight excluding hydrogens is 198 g/mol. The van der Waals surface area contributed by atoms with Gasteiger partial charge in [0.1, 0.15) is 5.84 Å². The summed E-state index contributed by atoms with van der Waals surface area (Å²) in [4.78, 5) is 6.67. The van der Waals surface area contributed by atoms with E-state index in [1.165, 1.54) is 43.6 Å². The van der Waals surface area contributed by atoms with E-state index in [0.717, 1.165) is 19.5 Å². The fourth-order valence-electron chi connectivity index (χ4n) is 2.12. The molecule has 0 saturated carbocycles. The Morgan fingerprint density at radius 1 is 1.25 bits per heavy atom. The van der Waals surface area contributed by atoms with Crippen molar-refractivity contribution in [3.05, 3.63) is 11.8 Å². The van der Waals surface area contributed by atoms with Gasteiger partial charge in [0.15, 0.2) is 0 Å². The predicted octanol–water partition coefficient (Wildman–Crippen LogP) is 2.53. The summed E-state index contributed by atoms with van der Waals surface area (Å²) in [6, 6.07) is 0. The molecule has 0 amide bonds. The van der Waals surface area contributed by atoms with E-state index in [0.29, 0.717) is 0 Å². The third kappa shape index (κ3) is 3.97. The Kier molecular flexibility index (Phi) is 6.16. The largest absolute Gasteiger partial charge is 0.334 e. The molecule has 0 atom stereocenters. The lowest BCUT2D eigenvalue weighted by molar-refractivity contribution is 0.479. The molecule has 1 heterocycles. The number of rotatable bonds is 7. The molecule has 0 aromatic carbocycles. The van der Waals surface area contributed by atoms with E-state index in [1.807, 2.05) is 7.05 Å². The van der Waals surface area contributed by atoms with Gasteiger partial charge in [-0.05, 0) is 26.3 Å². The van der Waals surface area contributed by atoms with Gasteiger partial charge in [-0.3, -0.25) is 4.99 Å². The summed E-state index contributed by atoms with van der Waals surface area (Å²) in [5, 5.41) is 0. The highest BCUT2D eigenvalue weighted by Crippen LogP contribution is 2.18. The minimum absolute atomic E-state index is 0.834. The van der Waals surface area contributed by atoms with Crippen molar-refractivity contribution in [2.24, 2.45) is 10.7 Å². The van der Waals surface area contributed by atoms with Gasteiger partial charge in [0.25, 0.3) is 0 Å². The van der Waals surface area contributed by atoms with Crippen LogP contribution in [-0.4, -0.2) is 30.9 Å². The van der Waals surface area contributed by atoms with Crippen LogP contribution in [0.4, 0.5) is 0 Å². The molecule has 0 bridgehead atoms. The van der Waals surface area contributed by atoms with Crippen LogP contribution in [0.3, 0.4) is 0 Å². The third-order valence-electron chi connectivity index (χ3n) is 3.16. The molecule has 2 N–H and O–H groups in total. The van der Waals surface area contributed by atoms with Crippen LogP contribution in [0.5, 0.6) is 0 Å². The van der Waals surface area contributed by atoms with E-state index in [1.54, 1.807) is 0 Å². The topological polar surface area (TPSA) is 41.6 Å². The van der Waals surface area contributed by atoms with Crippen LogP contribution in [0.1, 0.15) is 45.4 Å². The first-order valence-corrected chi connectivity index (χ1v) is 6.39. The molecule has 1 aliphatic rings. The van der Waals surface area contributed by atoms with Gasteiger partial charge in [0.2, 0.25) is 0 Å². The molecule has 16 heavy (non-hydrogen) atoms. The van der Waals surface area contributed by atoms with Gasteiger partial charge >= 0.3 is 0 Å². The average molecular weight is 223 g/mol. The lowest BCUT2D eigenvalue weighted by Gasteiger charge is -2.21. The van der Waals surface area contributed by atoms with E-state index < -0.39 is 0 Å². The number of allylic oxidation sites excluding steroid dienone is 1. The van der Waals surface area contributed by atoms with E-state index >= 15 is 0 Å². The summed E-state index contributed by atoms with van der Waals surface area (Å²) in [5.74, 6) is 1.22. The van der Waals surface area contributed by atoms with Gasteiger partial charge in [-0.15, -0.1) is 0 Å². The predicted molar refractivity (Wildman–Crippen MR) is 70.6 cm³/mol. The summed E-state index contributed by atoms with van der Waals surface area (Å²) in [5.41, 5.74) is 6.83. The Balaban J connectivity index is 2.14. The fourth-order valence-corrected chi connectivity index (χ4v) is 2.12. The van der Waals surface area contributed by atoms with Crippen molar-refractivity contribution in [2.75, 3.05) is 20.1 Å². The van der Waals surface area contributed by atoms with Crippen molar-refractivity contribution >= 4 is 5.84 Å². The molecule has 0 saturated heterocycles. The number of hydrogen-bond acceptors (Lipinski definition) is 2. The standard InChI is InChI=1S/C13H25N3/c1-12-8-9-13(15-2)16(12)11-7-5-3-4-6-10-14/h8H,3-7,9-11,14H2,1-2H3/b15-13+. The Labute approximate surface area is 99.4 Å². The smallest absolute Gasteiger partial charge is 0.107 e. The van der Waals surface area contributed by atoms with Crippen molar-refractivity contribution in [3.63, 3.8) is 0 Å². The van der Waals surface area contributed by atoms with E-state index in [4.69, 9.17) is 5.73 Å². The quantitative estimate of drug-likeness (QED) is 0.674. The zero-order valence-corrected chi connectivity index (χ0v) is 10.7. The highest BCUT2D eigenvalue weighted by atomic mass is 15.2. The SMILES string of the molecule is C/N=C1\CC=C(C)N1CCCCCCCN. The first-order valence-electron chi connectivity index (χ1n) is 6.39. The molecule has 0 unspecified atom stereocenters. The van der Waals surface area contributed by atoms with E-state index in [2.05, 4.69) is 22.9 Å². The molecule has 92 valence electrons. The fraction of sp³-hybridized carbons (Fsp3) is 0.769. The lowest BCUT2D eigenvalue weighted by atomic mass is 10.1. The van der Waals surface area contributed by atoms with Gasteiger partial charge in [-0.25, -0.2) is 0 Å². The number of unbranched alkanes of at least 4 members (excludes halogenated alkanes) is 4. The minimum Gasteiger partial charge on any atom is -0.334 e.